The monoisotopic (exact) mass is 474 g/mol. The molecule has 0 spiro atoms. The summed E-state index contributed by atoms with van der Waals surface area (Å²) in [7, 11) is 0. The fraction of sp³-hybridized carbons (Fsp3) is 0.0811. The van der Waals surface area contributed by atoms with E-state index in [1.807, 2.05) is 6.08 Å². The number of benzene rings is 4. The van der Waals surface area contributed by atoms with Crippen LogP contribution in [0.5, 0.6) is 0 Å². The van der Waals surface area contributed by atoms with Gasteiger partial charge in [-0.05, 0) is 102 Å². The maximum Gasteiger partial charge on any atom is -0.00323 e. The van der Waals surface area contributed by atoms with Gasteiger partial charge in [-0.1, -0.05) is 117 Å². The Hall–Kier alpha value is -4.42. The fourth-order valence-corrected chi connectivity index (χ4v) is 5.69. The molecule has 0 heterocycles. The summed E-state index contributed by atoms with van der Waals surface area (Å²) in [6.07, 6.45) is 16.1. The quantitative estimate of drug-likeness (QED) is 0.278. The summed E-state index contributed by atoms with van der Waals surface area (Å²) in [6, 6.07) is 22.0. The molecule has 0 amide bonds. The van der Waals surface area contributed by atoms with Gasteiger partial charge in [-0.15, -0.1) is 0 Å². The van der Waals surface area contributed by atoms with E-state index in [1.54, 1.807) is 0 Å². The minimum atomic E-state index is 0.883. The Morgan fingerprint density at radius 2 is 1.49 bits per heavy atom. The van der Waals surface area contributed by atoms with E-state index < -0.39 is 0 Å². The molecule has 37 heavy (non-hydrogen) atoms. The summed E-state index contributed by atoms with van der Waals surface area (Å²) in [4.78, 5) is 0. The number of fused-ring (bicyclic) bond motifs is 2. The van der Waals surface area contributed by atoms with Crippen molar-refractivity contribution in [2.75, 3.05) is 0 Å². The van der Waals surface area contributed by atoms with Crippen molar-refractivity contribution in [2.24, 2.45) is 0 Å². The highest BCUT2D eigenvalue weighted by molar-refractivity contribution is 6.06. The van der Waals surface area contributed by atoms with E-state index in [0.29, 0.717) is 0 Å². The molecule has 0 aliphatic heterocycles. The average Bonchev–Trinajstić information content (AvgIpc) is 2.93. The Morgan fingerprint density at radius 1 is 0.703 bits per heavy atom. The largest absolute Gasteiger partial charge is 0.0988 e. The SMILES string of the molecule is C=CC1=CC(c2ccc3c(-c4ccc5ccccc5c4)c(=C)c(=C)c(C4=CC(=C)CC=C4)c3c2)=CCC1. The van der Waals surface area contributed by atoms with Gasteiger partial charge in [0.05, 0.1) is 0 Å². The standard InChI is InChI=1S/C37H30/c1-5-27-11-9-14-29(21-27)31-18-19-34-35(23-31)37(32-15-8-10-24(2)20-32)26(4)25(3)36(34)33-17-16-28-12-6-7-13-30(28)22-33/h5-8,12-23H,1-4,9-11H2. The van der Waals surface area contributed by atoms with Crippen molar-refractivity contribution in [3.63, 3.8) is 0 Å². The smallest absolute Gasteiger partial charge is 0.00323 e. The van der Waals surface area contributed by atoms with Crippen LogP contribution in [0.25, 0.3) is 57.0 Å². The molecule has 0 fully saturated rings. The summed E-state index contributed by atoms with van der Waals surface area (Å²) in [6.45, 7) is 17.4. The fourth-order valence-electron chi connectivity index (χ4n) is 5.69. The molecule has 4 aromatic rings. The highest BCUT2D eigenvalue weighted by atomic mass is 14.2. The summed E-state index contributed by atoms with van der Waals surface area (Å²) in [5.74, 6) is 0. The summed E-state index contributed by atoms with van der Waals surface area (Å²) in [5.41, 5.74) is 9.48. The van der Waals surface area contributed by atoms with E-state index in [9.17, 15) is 0 Å². The van der Waals surface area contributed by atoms with Crippen LogP contribution in [-0.4, -0.2) is 0 Å². The van der Waals surface area contributed by atoms with Crippen molar-refractivity contribution in [1.29, 1.82) is 0 Å². The maximum absolute atomic E-state index is 4.58. The van der Waals surface area contributed by atoms with E-state index >= 15 is 0 Å². The molecule has 0 heteroatoms. The van der Waals surface area contributed by atoms with Crippen LogP contribution in [0, 0.1) is 0 Å². The first kappa shape index (κ1) is 23.0. The van der Waals surface area contributed by atoms with Gasteiger partial charge in [0, 0.05) is 0 Å². The van der Waals surface area contributed by atoms with Crippen LogP contribution in [0.1, 0.15) is 30.4 Å². The minimum absolute atomic E-state index is 0.883. The van der Waals surface area contributed by atoms with Gasteiger partial charge in [0.25, 0.3) is 0 Å². The van der Waals surface area contributed by atoms with Gasteiger partial charge in [0.1, 0.15) is 0 Å². The van der Waals surface area contributed by atoms with Crippen molar-refractivity contribution < 1.29 is 0 Å². The van der Waals surface area contributed by atoms with Crippen LogP contribution in [0.15, 0.2) is 121 Å². The van der Waals surface area contributed by atoms with E-state index in [-0.39, 0.29) is 0 Å². The molecule has 0 bridgehead atoms. The highest BCUT2D eigenvalue weighted by Gasteiger charge is 2.17. The molecule has 4 aromatic carbocycles. The predicted molar refractivity (Wildman–Crippen MR) is 164 cm³/mol. The Labute approximate surface area is 219 Å². The Bertz CT molecular complexity index is 1850. The second kappa shape index (κ2) is 9.22. The van der Waals surface area contributed by atoms with Crippen LogP contribution >= 0.6 is 0 Å². The molecule has 178 valence electrons. The Morgan fingerprint density at radius 3 is 2.30 bits per heavy atom. The summed E-state index contributed by atoms with van der Waals surface area (Å²) in [5, 5.41) is 6.80. The van der Waals surface area contributed by atoms with Gasteiger partial charge in [0.2, 0.25) is 0 Å². The number of hydrogen-bond donors (Lipinski definition) is 0. The van der Waals surface area contributed by atoms with Crippen LogP contribution in [0.3, 0.4) is 0 Å². The van der Waals surface area contributed by atoms with Crippen LogP contribution in [0.2, 0.25) is 0 Å². The molecular weight excluding hydrogens is 444 g/mol. The predicted octanol–water partition coefficient (Wildman–Crippen LogP) is 8.67. The zero-order valence-corrected chi connectivity index (χ0v) is 21.2. The van der Waals surface area contributed by atoms with Gasteiger partial charge in [-0.2, -0.15) is 0 Å². The van der Waals surface area contributed by atoms with E-state index in [4.69, 9.17) is 0 Å². The molecule has 0 radical (unpaired) electrons. The zero-order chi connectivity index (χ0) is 25.5. The van der Waals surface area contributed by atoms with Crippen molar-refractivity contribution in [3.05, 3.63) is 143 Å². The second-order valence-electron chi connectivity index (χ2n) is 10.0. The third kappa shape index (κ3) is 4.05. The molecular formula is C37H30. The molecule has 2 aliphatic rings. The van der Waals surface area contributed by atoms with Crippen molar-refractivity contribution in [2.45, 2.75) is 19.3 Å². The van der Waals surface area contributed by atoms with Crippen molar-refractivity contribution in [3.8, 4) is 11.1 Å². The summed E-state index contributed by atoms with van der Waals surface area (Å²) < 4.78 is 0. The topological polar surface area (TPSA) is 0 Å². The van der Waals surface area contributed by atoms with Gasteiger partial charge in [-0.25, -0.2) is 0 Å². The molecule has 0 saturated carbocycles. The van der Waals surface area contributed by atoms with Gasteiger partial charge < -0.3 is 0 Å². The van der Waals surface area contributed by atoms with Crippen LogP contribution < -0.4 is 10.4 Å². The molecule has 0 atom stereocenters. The number of rotatable bonds is 4. The lowest BCUT2D eigenvalue weighted by atomic mass is 9.85. The van der Waals surface area contributed by atoms with Crippen LogP contribution in [-0.2, 0) is 0 Å². The lowest BCUT2D eigenvalue weighted by Gasteiger charge is -2.19. The van der Waals surface area contributed by atoms with Crippen LogP contribution in [0.4, 0.5) is 0 Å². The summed E-state index contributed by atoms with van der Waals surface area (Å²) >= 11 is 0. The van der Waals surface area contributed by atoms with Gasteiger partial charge in [0.15, 0.2) is 0 Å². The Balaban J connectivity index is 1.67. The highest BCUT2D eigenvalue weighted by Crippen LogP contribution is 2.35. The minimum Gasteiger partial charge on any atom is -0.0988 e. The molecule has 2 aliphatic carbocycles. The van der Waals surface area contributed by atoms with E-state index in [1.165, 1.54) is 43.8 Å². The molecule has 6 rings (SSSR count). The second-order valence-corrected chi connectivity index (χ2v) is 10.0. The lowest BCUT2D eigenvalue weighted by molar-refractivity contribution is 0.996. The zero-order valence-electron chi connectivity index (χ0n) is 21.2. The first-order valence-corrected chi connectivity index (χ1v) is 12.9. The van der Waals surface area contributed by atoms with E-state index in [0.717, 1.165) is 52.0 Å². The molecule has 0 N–H and O–H groups in total. The first-order chi connectivity index (χ1) is 18.0. The number of hydrogen-bond acceptors (Lipinski definition) is 0. The van der Waals surface area contributed by atoms with Gasteiger partial charge >= 0.3 is 0 Å². The third-order valence-electron chi connectivity index (χ3n) is 7.62. The van der Waals surface area contributed by atoms with Crippen molar-refractivity contribution >= 4 is 45.8 Å². The third-order valence-corrected chi connectivity index (χ3v) is 7.62. The van der Waals surface area contributed by atoms with Crippen molar-refractivity contribution in [1.82, 2.24) is 0 Å². The normalized spacial score (nSPS) is 15.5. The Kier molecular flexibility index (Phi) is 5.74. The number of allylic oxidation sites excluding steroid dienone is 10. The lowest BCUT2D eigenvalue weighted by Crippen LogP contribution is -2.28. The molecule has 0 nitrogen and oxygen atoms in total. The maximum atomic E-state index is 4.58. The molecule has 0 aromatic heterocycles. The van der Waals surface area contributed by atoms with Gasteiger partial charge in [-0.3, -0.25) is 0 Å². The van der Waals surface area contributed by atoms with E-state index in [2.05, 4.69) is 117 Å². The first-order valence-electron chi connectivity index (χ1n) is 12.9. The molecule has 0 unspecified atom stereocenters. The molecule has 0 saturated heterocycles. The average molecular weight is 475 g/mol.